The molecule has 0 fully saturated rings. The van der Waals surface area contributed by atoms with Gasteiger partial charge < -0.3 is 16.0 Å². The SMILES string of the molecule is CNC(=O)c1ccc(C=CC(=O)NCCNc2ncccc2C(F)(F)F)cc1. The van der Waals surface area contributed by atoms with Crippen molar-refractivity contribution in [3.63, 3.8) is 0 Å². The van der Waals surface area contributed by atoms with Crippen molar-refractivity contribution in [1.29, 1.82) is 0 Å². The van der Waals surface area contributed by atoms with Crippen molar-refractivity contribution >= 4 is 23.7 Å². The summed E-state index contributed by atoms with van der Waals surface area (Å²) in [5.74, 6) is -0.882. The van der Waals surface area contributed by atoms with Crippen LogP contribution in [0.2, 0.25) is 0 Å². The van der Waals surface area contributed by atoms with Gasteiger partial charge in [-0.05, 0) is 35.9 Å². The minimum Gasteiger partial charge on any atom is -0.368 e. The lowest BCUT2D eigenvalue weighted by molar-refractivity contribution is -0.137. The molecule has 0 saturated heterocycles. The Morgan fingerprint density at radius 1 is 1.11 bits per heavy atom. The quantitative estimate of drug-likeness (QED) is 0.500. The number of hydrogen-bond acceptors (Lipinski definition) is 4. The molecule has 28 heavy (non-hydrogen) atoms. The predicted molar refractivity (Wildman–Crippen MR) is 99.6 cm³/mol. The number of pyridine rings is 1. The summed E-state index contributed by atoms with van der Waals surface area (Å²) in [6.07, 6.45) is -0.377. The van der Waals surface area contributed by atoms with Crippen molar-refractivity contribution < 1.29 is 22.8 Å². The van der Waals surface area contributed by atoms with Crippen LogP contribution in [0.3, 0.4) is 0 Å². The van der Waals surface area contributed by atoms with Gasteiger partial charge in [0, 0.05) is 38.0 Å². The van der Waals surface area contributed by atoms with Crippen LogP contribution in [-0.4, -0.2) is 36.9 Å². The van der Waals surface area contributed by atoms with Gasteiger partial charge in [0.05, 0.1) is 5.56 Å². The molecule has 6 nitrogen and oxygen atoms in total. The van der Waals surface area contributed by atoms with E-state index in [1.165, 1.54) is 25.4 Å². The highest BCUT2D eigenvalue weighted by Gasteiger charge is 2.33. The van der Waals surface area contributed by atoms with Gasteiger partial charge in [-0.1, -0.05) is 12.1 Å². The first-order valence-electron chi connectivity index (χ1n) is 8.35. The molecule has 2 rings (SSSR count). The molecule has 1 heterocycles. The molecule has 0 saturated carbocycles. The van der Waals surface area contributed by atoms with E-state index in [1.807, 2.05) is 0 Å². The molecular formula is C19H19F3N4O2. The number of anilines is 1. The monoisotopic (exact) mass is 392 g/mol. The second kappa shape index (κ2) is 9.54. The maximum atomic E-state index is 12.9. The summed E-state index contributed by atoms with van der Waals surface area (Å²) in [4.78, 5) is 26.9. The van der Waals surface area contributed by atoms with Gasteiger partial charge in [-0.25, -0.2) is 4.98 Å². The van der Waals surface area contributed by atoms with Crippen LogP contribution >= 0.6 is 0 Å². The largest absolute Gasteiger partial charge is 0.419 e. The van der Waals surface area contributed by atoms with E-state index in [2.05, 4.69) is 20.9 Å². The number of nitrogens with one attached hydrogen (secondary N) is 3. The number of amides is 2. The molecule has 0 aliphatic carbocycles. The van der Waals surface area contributed by atoms with Gasteiger partial charge in [0.15, 0.2) is 0 Å². The fraction of sp³-hybridized carbons (Fsp3) is 0.211. The lowest BCUT2D eigenvalue weighted by Gasteiger charge is -2.13. The minimum atomic E-state index is -4.50. The van der Waals surface area contributed by atoms with Gasteiger partial charge in [0.2, 0.25) is 5.91 Å². The zero-order chi connectivity index (χ0) is 20.6. The zero-order valence-electron chi connectivity index (χ0n) is 15.0. The number of carbonyl (C=O) groups is 2. The van der Waals surface area contributed by atoms with E-state index >= 15 is 0 Å². The van der Waals surface area contributed by atoms with Crippen LogP contribution in [0.1, 0.15) is 21.5 Å². The topological polar surface area (TPSA) is 83.1 Å². The van der Waals surface area contributed by atoms with E-state index < -0.39 is 17.6 Å². The number of rotatable bonds is 7. The smallest absolute Gasteiger partial charge is 0.368 e. The Morgan fingerprint density at radius 2 is 1.82 bits per heavy atom. The lowest BCUT2D eigenvalue weighted by atomic mass is 10.1. The molecule has 0 bridgehead atoms. The summed E-state index contributed by atoms with van der Waals surface area (Å²) in [6, 6.07) is 8.79. The van der Waals surface area contributed by atoms with Gasteiger partial charge in [0.25, 0.3) is 5.91 Å². The summed E-state index contributed by atoms with van der Waals surface area (Å²) in [5, 5.41) is 7.63. The van der Waals surface area contributed by atoms with Crippen LogP contribution in [-0.2, 0) is 11.0 Å². The molecule has 148 valence electrons. The zero-order valence-corrected chi connectivity index (χ0v) is 15.0. The molecule has 0 atom stereocenters. The van der Waals surface area contributed by atoms with Crippen molar-refractivity contribution in [2.75, 3.05) is 25.5 Å². The summed E-state index contributed by atoms with van der Waals surface area (Å²) < 4.78 is 38.6. The first kappa shape index (κ1) is 20.9. The molecule has 0 aliphatic heterocycles. The Labute approximate surface area is 159 Å². The van der Waals surface area contributed by atoms with E-state index in [0.29, 0.717) is 5.56 Å². The second-order valence-electron chi connectivity index (χ2n) is 5.65. The molecule has 1 aromatic carbocycles. The van der Waals surface area contributed by atoms with Crippen molar-refractivity contribution in [2.24, 2.45) is 0 Å². The summed E-state index contributed by atoms with van der Waals surface area (Å²) >= 11 is 0. The van der Waals surface area contributed by atoms with Crippen LogP contribution in [0.25, 0.3) is 6.08 Å². The minimum absolute atomic E-state index is 0.0838. The number of benzene rings is 1. The Hall–Kier alpha value is -3.36. The van der Waals surface area contributed by atoms with Crippen molar-refractivity contribution in [2.45, 2.75) is 6.18 Å². The highest BCUT2D eigenvalue weighted by molar-refractivity contribution is 5.94. The number of alkyl halides is 3. The third-order valence-electron chi connectivity index (χ3n) is 3.66. The molecule has 2 aromatic rings. The Bertz CT molecular complexity index is 849. The highest BCUT2D eigenvalue weighted by atomic mass is 19.4. The highest BCUT2D eigenvalue weighted by Crippen LogP contribution is 2.33. The molecular weight excluding hydrogens is 373 g/mol. The predicted octanol–water partition coefficient (Wildman–Crippen LogP) is 2.70. The first-order chi connectivity index (χ1) is 13.3. The summed E-state index contributed by atoms with van der Waals surface area (Å²) in [6.45, 7) is 0.202. The molecule has 3 N–H and O–H groups in total. The number of hydrogen-bond donors (Lipinski definition) is 3. The first-order valence-corrected chi connectivity index (χ1v) is 8.35. The van der Waals surface area contributed by atoms with Crippen LogP contribution in [0.15, 0.2) is 48.7 Å². The number of aromatic nitrogens is 1. The Balaban J connectivity index is 1.80. The van der Waals surface area contributed by atoms with E-state index in [0.717, 1.165) is 11.6 Å². The lowest BCUT2D eigenvalue weighted by Crippen LogP contribution is -2.27. The van der Waals surface area contributed by atoms with Crippen LogP contribution in [0, 0.1) is 0 Å². The third kappa shape index (κ3) is 6.11. The van der Waals surface area contributed by atoms with Crippen LogP contribution in [0.4, 0.5) is 19.0 Å². The molecule has 9 heteroatoms. The molecule has 0 spiro atoms. The summed E-state index contributed by atoms with van der Waals surface area (Å²) in [7, 11) is 1.53. The van der Waals surface area contributed by atoms with Crippen molar-refractivity contribution in [1.82, 2.24) is 15.6 Å². The van der Waals surface area contributed by atoms with Gasteiger partial charge in [-0.3, -0.25) is 9.59 Å². The molecule has 0 aliphatic rings. The number of halogens is 3. The number of carbonyl (C=O) groups excluding carboxylic acids is 2. The molecule has 0 radical (unpaired) electrons. The molecule has 1 aromatic heterocycles. The molecule has 0 unspecified atom stereocenters. The van der Waals surface area contributed by atoms with Crippen molar-refractivity contribution in [3.8, 4) is 0 Å². The Kier molecular flexibility index (Phi) is 7.14. The van der Waals surface area contributed by atoms with E-state index in [-0.39, 0.29) is 24.8 Å². The normalized spacial score (nSPS) is 11.3. The third-order valence-corrected chi connectivity index (χ3v) is 3.66. The van der Waals surface area contributed by atoms with Crippen molar-refractivity contribution in [3.05, 3.63) is 65.4 Å². The van der Waals surface area contributed by atoms with Gasteiger partial charge in [0.1, 0.15) is 5.82 Å². The standard InChI is InChI=1S/C19H19F3N4O2/c1-23-18(28)14-7-4-13(5-8-14)6-9-16(27)24-11-12-26-17-15(19(20,21)22)3-2-10-25-17/h2-10H,11-12H2,1H3,(H,23,28)(H,24,27)(H,25,26). The summed E-state index contributed by atoms with van der Waals surface area (Å²) in [5.41, 5.74) is 0.369. The van der Waals surface area contributed by atoms with E-state index in [9.17, 15) is 22.8 Å². The Morgan fingerprint density at radius 3 is 2.46 bits per heavy atom. The second-order valence-corrected chi connectivity index (χ2v) is 5.65. The fourth-order valence-corrected chi connectivity index (χ4v) is 2.26. The number of nitrogens with zero attached hydrogens (tertiary/aromatic N) is 1. The maximum absolute atomic E-state index is 12.9. The maximum Gasteiger partial charge on any atom is 0.419 e. The average molecular weight is 392 g/mol. The fourth-order valence-electron chi connectivity index (χ4n) is 2.26. The van der Waals surface area contributed by atoms with Gasteiger partial charge in [-0.15, -0.1) is 0 Å². The van der Waals surface area contributed by atoms with Crippen LogP contribution < -0.4 is 16.0 Å². The van der Waals surface area contributed by atoms with Crippen LogP contribution in [0.5, 0.6) is 0 Å². The molecule has 2 amide bonds. The van der Waals surface area contributed by atoms with Gasteiger partial charge in [-0.2, -0.15) is 13.2 Å². The van der Waals surface area contributed by atoms with Gasteiger partial charge >= 0.3 is 6.18 Å². The van der Waals surface area contributed by atoms with E-state index in [1.54, 1.807) is 30.3 Å². The average Bonchev–Trinajstić information content (AvgIpc) is 2.69. The van der Waals surface area contributed by atoms with E-state index in [4.69, 9.17) is 0 Å².